The zero-order valence-corrected chi connectivity index (χ0v) is 20.9. The maximum absolute atomic E-state index is 12.9. The number of sulfonamides is 1. The number of benzene rings is 2. The van der Waals surface area contributed by atoms with Gasteiger partial charge >= 0.3 is 5.97 Å². The first-order valence-electron chi connectivity index (χ1n) is 10.5. The number of fused-ring (bicyclic) bond motifs is 1. The SMILES string of the molecule is CCN(CC)S(=O)(=O)c1ccc(C(=O)N=c2sc3cc(C)cc(C)c3n2CC(=O)OC)cc1. The van der Waals surface area contributed by atoms with E-state index in [2.05, 4.69) is 4.99 Å². The molecule has 176 valence electrons. The third-order valence-corrected chi connectivity index (χ3v) is 8.36. The number of methoxy groups -OCH3 is 1. The van der Waals surface area contributed by atoms with Crippen molar-refractivity contribution in [1.29, 1.82) is 0 Å². The van der Waals surface area contributed by atoms with Crippen molar-refractivity contribution < 1.29 is 22.7 Å². The van der Waals surface area contributed by atoms with Gasteiger partial charge in [-0.3, -0.25) is 9.59 Å². The molecule has 0 saturated carbocycles. The summed E-state index contributed by atoms with van der Waals surface area (Å²) in [5.41, 5.74) is 3.10. The number of esters is 1. The van der Waals surface area contributed by atoms with Crippen molar-refractivity contribution in [3.8, 4) is 0 Å². The Hall–Kier alpha value is -2.82. The molecular weight excluding hydrogens is 462 g/mol. The molecule has 2 aromatic carbocycles. The Morgan fingerprint density at radius 1 is 1.09 bits per heavy atom. The Morgan fingerprint density at radius 3 is 2.30 bits per heavy atom. The van der Waals surface area contributed by atoms with Crippen LogP contribution in [-0.4, -0.2) is 49.4 Å². The Labute approximate surface area is 197 Å². The lowest BCUT2D eigenvalue weighted by atomic mass is 10.1. The summed E-state index contributed by atoms with van der Waals surface area (Å²) in [5, 5.41) is 0. The number of rotatable bonds is 7. The van der Waals surface area contributed by atoms with Crippen LogP contribution in [0.3, 0.4) is 0 Å². The largest absolute Gasteiger partial charge is 0.468 e. The number of amides is 1. The van der Waals surface area contributed by atoms with Crippen LogP contribution in [0.2, 0.25) is 0 Å². The van der Waals surface area contributed by atoms with Gasteiger partial charge in [-0.1, -0.05) is 31.3 Å². The molecule has 33 heavy (non-hydrogen) atoms. The fourth-order valence-corrected chi connectivity index (χ4v) is 6.31. The van der Waals surface area contributed by atoms with Crippen molar-refractivity contribution in [2.45, 2.75) is 39.1 Å². The van der Waals surface area contributed by atoms with Crippen LogP contribution in [0.4, 0.5) is 0 Å². The Bertz CT molecular complexity index is 1370. The average molecular weight is 490 g/mol. The maximum atomic E-state index is 12.9. The highest BCUT2D eigenvalue weighted by Gasteiger charge is 2.22. The van der Waals surface area contributed by atoms with Crippen LogP contribution in [0, 0.1) is 13.8 Å². The molecule has 0 saturated heterocycles. The molecular formula is C23H27N3O5S2. The Morgan fingerprint density at radius 2 is 1.73 bits per heavy atom. The number of hydrogen-bond donors (Lipinski definition) is 0. The minimum atomic E-state index is -3.61. The standard InChI is InChI=1S/C23H27N3O5S2/c1-6-25(7-2)33(29,30)18-10-8-17(9-11-18)22(28)24-23-26(14-20(27)31-5)21-16(4)12-15(3)13-19(21)32-23/h8-13H,6-7,14H2,1-5H3. The molecule has 3 rings (SSSR count). The van der Waals surface area contributed by atoms with Crippen molar-refractivity contribution in [2.24, 2.45) is 4.99 Å². The second-order valence-electron chi connectivity index (χ2n) is 7.51. The molecule has 0 spiro atoms. The van der Waals surface area contributed by atoms with Crippen LogP contribution in [0.5, 0.6) is 0 Å². The maximum Gasteiger partial charge on any atom is 0.325 e. The summed E-state index contributed by atoms with van der Waals surface area (Å²) >= 11 is 1.31. The quantitative estimate of drug-likeness (QED) is 0.475. The van der Waals surface area contributed by atoms with Crippen molar-refractivity contribution in [3.63, 3.8) is 0 Å². The van der Waals surface area contributed by atoms with Crippen LogP contribution in [-0.2, 0) is 26.1 Å². The predicted octanol–water partition coefficient (Wildman–Crippen LogP) is 3.26. The molecule has 0 aliphatic carbocycles. The molecule has 0 bridgehead atoms. The molecule has 0 unspecified atom stereocenters. The summed E-state index contributed by atoms with van der Waals surface area (Å²) in [7, 11) is -2.30. The van der Waals surface area contributed by atoms with E-state index in [-0.39, 0.29) is 17.0 Å². The monoisotopic (exact) mass is 489 g/mol. The number of carbonyl (C=O) groups excluding carboxylic acids is 2. The average Bonchev–Trinajstić information content (AvgIpc) is 3.10. The topological polar surface area (TPSA) is 98.0 Å². The summed E-state index contributed by atoms with van der Waals surface area (Å²) < 4.78 is 34.1. The highest BCUT2D eigenvalue weighted by molar-refractivity contribution is 7.89. The molecule has 1 amide bonds. The molecule has 3 aromatic rings. The van der Waals surface area contributed by atoms with E-state index in [0.717, 1.165) is 21.3 Å². The van der Waals surface area contributed by atoms with E-state index in [9.17, 15) is 18.0 Å². The molecule has 1 heterocycles. The van der Waals surface area contributed by atoms with Gasteiger partial charge in [0.2, 0.25) is 10.0 Å². The number of thiazole rings is 1. The number of aryl methyl sites for hydroxylation is 2. The molecule has 10 heteroatoms. The smallest absolute Gasteiger partial charge is 0.325 e. The number of ether oxygens (including phenoxy) is 1. The van der Waals surface area contributed by atoms with Gasteiger partial charge in [0.1, 0.15) is 6.54 Å². The molecule has 0 fully saturated rings. The summed E-state index contributed by atoms with van der Waals surface area (Å²) in [6.45, 7) is 8.11. The van der Waals surface area contributed by atoms with Gasteiger partial charge in [0.05, 0.1) is 22.2 Å². The van der Waals surface area contributed by atoms with Crippen LogP contribution >= 0.6 is 11.3 Å². The first-order valence-corrected chi connectivity index (χ1v) is 12.7. The van der Waals surface area contributed by atoms with Gasteiger partial charge in [0.25, 0.3) is 5.91 Å². The zero-order chi connectivity index (χ0) is 24.3. The number of carbonyl (C=O) groups is 2. The minimum absolute atomic E-state index is 0.0758. The van der Waals surface area contributed by atoms with Crippen LogP contribution in [0.15, 0.2) is 46.3 Å². The van der Waals surface area contributed by atoms with Crippen LogP contribution < -0.4 is 4.80 Å². The second-order valence-corrected chi connectivity index (χ2v) is 10.5. The van der Waals surface area contributed by atoms with Gasteiger partial charge in [-0.05, 0) is 55.3 Å². The first kappa shape index (κ1) is 24.8. The third kappa shape index (κ3) is 5.07. The van der Waals surface area contributed by atoms with E-state index < -0.39 is 21.9 Å². The molecule has 0 aliphatic heterocycles. The van der Waals surface area contributed by atoms with E-state index in [1.54, 1.807) is 18.4 Å². The normalized spacial score (nSPS) is 12.5. The van der Waals surface area contributed by atoms with Gasteiger partial charge in [0.15, 0.2) is 4.80 Å². The Balaban J connectivity index is 2.05. The van der Waals surface area contributed by atoms with Gasteiger partial charge in [0, 0.05) is 18.7 Å². The molecule has 1 aromatic heterocycles. The van der Waals surface area contributed by atoms with Gasteiger partial charge in [-0.15, -0.1) is 0 Å². The van der Waals surface area contributed by atoms with Crippen molar-refractivity contribution >= 4 is 43.5 Å². The minimum Gasteiger partial charge on any atom is -0.468 e. The summed E-state index contributed by atoms with van der Waals surface area (Å²) in [5.74, 6) is -0.976. The first-order chi connectivity index (χ1) is 15.6. The van der Waals surface area contributed by atoms with Crippen LogP contribution in [0.1, 0.15) is 35.3 Å². The lowest BCUT2D eigenvalue weighted by molar-refractivity contribution is -0.141. The van der Waals surface area contributed by atoms with Crippen molar-refractivity contribution in [2.75, 3.05) is 20.2 Å². The fraction of sp³-hybridized carbons (Fsp3) is 0.348. The molecule has 0 N–H and O–H groups in total. The zero-order valence-electron chi connectivity index (χ0n) is 19.3. The van der Waals surface area contributed by atoms with E-state index in [1.165, 1.54) is 47.0 Å². The lowest BCUT2D eigenvalue weighted by Gasteiger charge is -2.18. The number of aromatic nitrogens is 1. The summed E-state index contributed by atoms with van der Waals surface area (Å²) in [4.78, 5) is 29.7. The molecule has 0 atom stereocenters. The number of nitrogens with zero attached hydrogens (tertiary/aromatic N) is 3. The van der Waals surface area contributed by atoms with E-state index in [0.29, 0.717) is 17.9 Å². The lowest BCUT2D eigenvalue weighted by Crippen LogP contribution is -2.30. The second kappa shape index (κ2) is 9.98. The predicted molar refractivity (Wildman–Crippen MR) is 128 cm³/mol. The van der Waals surface area contributed by atoms with Crippen molar-refractivity contribution in [1.82, 2.24) is 8.87 Å². The van der Waals surface area contributed by atoms with Gasteiger partial charge in [-0.2, -0.15) is 9.30 Å². The van der Waals surface area contributed by atoms with Gasteiger partial charge in [-0.25, -0.2) is 8.42 Å². The van der Waals surface area contributed by atoms with Crippen molar-refractivity contribution in [3.05, 3.63) is 57.9 Å². The van der Waals surface area contributed by atoms with E-state index in [1.807, 2.05) is 26.0 Å². The Kier molecular flexibility index (Phi) is 7.51. The molecule has 8 nitrogen and oxygen atoms in total. The fourth-order valence-electron chi connectivity index (χ4n) is 3.65. The molecule has 0 radical (unpaired) electrons. The van der Waals surface area contributed by atoms with E-state index in [4.69, 9.17) is 4.74 Å². The molecule has 0 aliphatic rings. The van der Waals surface area contributed by atoms with E-state index >= 15 is 0 Å². The highest BCUT2D eigenvalue weighted by atomic mass is 32.2. The van der Waals surface area contributed by atoms with Crippen LogP contribution in [0.25, 0.3) is 10.2 Å². The summed E-state index contributed by atoms with van der Waals surface area (Å²) in [6, 6.07) is 9.72. The highest BCUT2D eigenvalue weighted by Crippen LogP contribution is 2.23. The third-order valence-electron chi connectivity index (χ3n) is 5.27. The number of hydrogen-bond acceptors (Lipinski definition) is 6. The summed E-state index contributed by atoms with van der Waals surface area (Å²) in [6.07, 6.45) is 0. The van der Waals surface area contributed by atoms with Gasteiger partial charge < -0.3 is 9.30 Å².